The summed E-state index contributed by atoms with van der Waals surface area (Å²) in [6.45, 7) is 3.46. The van der Waals surface area contributed by atoms with Crippen molar-refractivity contribution in [3.8, 4) is 0 Å². The highest BCUT2D eigenvalue weighted by molar-refractivity contribution is 6.08. The molecule has 0 bridgehead atoms. The monoisotopic (exact) mass is 344 g/mol. The molecule has 2 fully saturated rings. The summed E-state index contributed by atoms with van der Waals surface area (Å²) in [5, 5.41) is 5.63. The van der Waals surface area contributed by atoms with Crippen LogP contribution in [0.15, 0.2) is 24.4 Å². The number of carbonyl (C=O) groups excluding carboxylic acids is 3. The molecule has 3 atom stereocenters. The molecule has 7 nitrogen and oxygen atoms in total. The summed E-state index contributed by atoms with van der Waals surface area (Å²) in [4.78, 5) is 42.5. The van der Waals surface area contributed by atoms with E-state index in [1.807, 2.05) is 0 Å². The van der Waals surface area contributed by atoms with E-state index >= 15 is 0 Å². The highest BCUT2D eigenvalue weighted by Gasteiger charge is 2.50. The quantitative estimate of drug-likeness (QED) is 0.811. The van der Waals surface area contributed by atoms with Crippen LogP contribution in [-0.4, -0.2) is 40.3 Å². The molecule has 0 aromatic carbocycles. The maximum atomic E-state index is 12.8. The average molecular weight is 344 g/mol. The predicted molar refractivity (Wildman–Crippen MR) is 91.4 cm³/mol. The van der Waals surface area contributed by atoms with Crippen molar-refractivity contribution in [1.82, 2.24) is 20.5 Å². The van der Waals surface area contributed by atoms with Crippen molar-refractivity contribution in [1.29, 1.82) is 0 Å². The molecule has 0 radical (unpaired) electrons. The zero-order valence-corrected chi connectivity index (χ0v) is 14.6. The Bertz CT molecular complexity index is 678. The largest absolute Gasteiger partial charge is 0.352 e. The number of hydrogen-bond donors (Lipinski definition) is 2. The molecule has 4 amide bonds. The Labute approximate surface area is 147 Å². The van der Waals surface area contributed by atoms with E-state index in [2.05, 4.69) is 22.5 Å². The minimum absolute atomic E-state index is 0.115. The summed E-state index contributed by atoms with van der Waals surface area (Å²) in [7, 11) is 0. The summed E-state index contributed by atoms with van der Waals surface area (Å²) < 4.78 is 0. The third kappa shape index (κ3) is 3.36. The zero-order valence-electron chi connectivity index (χ0n) is 14.6. The van der Waals surface area contributed by atoms with E-state index in [0.29, 0.717) is 11.6 Å². The van der Waals surface area contributed by atoms with Crippen LogP contribution < -0.4 is 10.6 Å². The predicted octanol–water partition coefficient (Wildman–Crippen LogP) is 1.54. The maximum Gasteiger partial charge on any atom is 0.325 e. The third-order valence-corrected chi connectivity index (χ3v) is 5.21. The number of nitrogens with one attached hydrogen (secondary N) is 2. The number of hydrogen-bond acceptors (Lipinski definition) is 4. The van der Waals surface area contributed by atoms with Crippen LogP contribution in [0.2, 0.25) is 0 Å². The lowest BCUT2D eigenvalue weighted by Gasteiger charge is -2.30. The minimum atomic E-state index is -1.24. The molecule has 25 heavy (non-hydrogen) atoms. The molecule has 3 unspecified atom stereocenters. The van der Waals surface area contributed by atoms with Crippen LogP contribution in [0.4, 0.5) is 4.79 Å². The SMILES string of the molecule is CC1CCCCC1NC(=O)CN1C(=O)NC(C)(c2ccccn2)C1=O. The molecule has 2 N–H and O–H groups in total. The number of imide groups is 1. The molecule has 2 heterocycles. The Morgan fingerprint density at radius 3 is 2.80 bits per heavy atom. The number of nitrogens with zero attached hydrogens (tertiary/aromatic N) is 2. The van der Waals surface area contributed by atoms with Crippen molar-refractivity contribution in [3.63, 3.8) is 0 Å². The van der Waals surface area contributed by atoms with Crippen molar-refractivity contribution in [2.24, 2.45) is 5.92 Å². The smallest absolute Gasteiger partial charge is 0.325 e. The highest BCUT2D eigenvalue weighted by atomic mass is 16.2. The first-order valence-corrected chi connectivity index (χ1v) is 8.77. The van der Waals surface area contributed by atoms with Gasteiger partial charge in [0.15, 0.2) is 5.54 Å². The number of urea groups is 1. The second kappa shape index (κ2) is 6.82. The normalized spacial score (nSPS) is 29.4. The van der Waals surface area contributed by atoms with E-state index in [0.717, 1.165) is 24.2 Å². The molecule has 7 heteroatoms. The first-order chi connectivity index (χ1) is 11.9. The summed E-state index contributed by atoms with van der Waals surface area (Å²) in [6.07, 6.45) is 5.88. The minimum Gasteiger partial charge on any atom is -0.352 e. The highest BCUT2D eigenvalue weighted by Crippen LogP contribution is 2.27. The number of rotatable bonds is 4. The third-order valence-electron chi connectivity index (χ3n) is 5.21. The summed E-state index contributed by atoms with van der Waals surface area (Å²) in [6, 6.07) is 4.73. The van der Waals surface area contributed by atoms with Crippen LogP contribution in [-0.2, 0) is 15.1 Å². The van der Waals surface area contributed by atoms with Crippen molar-refractivity contribution in [3.05, 3.63) is 30.1 Å². The Kier molecular flexibility index (Phi) is 4.74. The van der Waals surface area contributed by atoms with Gasteiger partial charge in [-0.1, -0.05) is 25.8 Å². The van der Waals surface area contributed by atoms with Gasteiger partial charge in [-0.25, -0.2) is 4.79 Å². The molecular weight excluding hydrogens is 320 g/mol. The molecule has 3 rings (SSSR count). The topological polar surface area (TPSA) is 91.4 Å². The maximum absolute atomic E-state index is 12.8. The van der Waals surface area contributed by atoms with E-state index in [1.54, 1.807) is 31.3 Å². The van der Waals surface area contributed by atoms with Crippen LogP contribution in [0.5, 0.6) is 0 Å². The molecule has 0 spiro atoms. The van der Waals surface area contributed by atoms with Crippen LogP contribution in [0.3, 0.4) is 0 Å². The van der Waals surface area contributed by atoms with E-state index in [9.17, 15) is 14.4 Å². The van der Waals surface area contributed by atoms with Gasteiger partial charge in [0, 0.05) is 12.2 Å². The van der Waals surface area contributed by atoms with Gasteiger partial charge >= 0.3 is 6.03 Å². The molecule has 1 aromatic rings. The summed E-state index contributed by atoms with van der Waals surface area (Å²) in [5.41, 5.74) is -0.784. The van der Waals surface area contributed by atoms with Gasteiger partial charge in [0.05, 0.1) is 5.69 Å². The molecule has 1 saturated carbocycles. The van der Waals surface area contributed by atoms with Crippen molar-refractivity contribution < 1.29 is 14.4 Å². The van der Waals surface area contributed by atoms with Crippen molar-refractivity contribution in [2.75, 3.05) is 6.54 Å². The lowest BCUT2D eigenvalue weighted by atomic mass is 9.86. The van der Waals surface area contributed by atoms with Crippen LogP contribution in [0.1, 0.15) is 45.2 Å². The van der Waals surface area contributed by atoms with Crippen molar-refractivity contribution >= 4 is 17.8 Å². The van der Waals surface area contributed by atoms with Gasteiger partial charge in [0.1, 0.15) is 6.54 Å². The molecular formula is C18H24N4O3. The zero-order chi connectivity index (χ0) is 18.0. The molecule has 1 aromatic heterocycles. The van der Waals surface area contributed by atoms with Gasteiger partial charge < -0.3 is 10.6 Å². The van der Waals surface area contributed by atoms with E-state index in [4.69, 9.17) is 0 Å². The van der Waals surface area contributed by atoms with Crippen LogP contribution in [0.25, 0.3) is 0 Å². The van der Waals surface area contributed by atoms with Gasteiger partial charge in [0.2, 0.25) is 5.91 Å². The van der Waals surface area contributed by atoms with Crippen LogP contribution in [0, 0.1) is 5.92 Å². The van der Waals surface area contributed by atoms with Gasteiger partial charge in [0.25, 0.3) is 5.91 Å². The number of pyridine rings is 1. The van der Waals surface area contributed by atoms with Gasteiger partial charge in [-0.05, 0) is 37.8 Å². The Balaban J connectivity index is 1.67. The summed E-state index contributed by atoms with van der Waals surface area (Å²) >= 11 is 0. The molecule has 1 aliphatic heterocycles. The first kappa shape index (κ1) is 17.4. The lowest BCUT2D eigenvalue weighted by molar-refractivity contribution is -0.135. The first-order valence-electron chi connectivity index (χ1n) is 8.77. The fraction of sp³-hybridized carbons (Fsp3) is 0.556. The molecule has 1 saturated heterocycles. The fourth-order valence-corrected chi connectivity index (χ4v) is 3.60. The Hall–Kier alpha value is -2.44. The Morgan fingerprint density at radius 1 is 1.36 bits per heavy atom. The van der Waals surface area contributed by atoms with E-state index in [1.165, 1.54) is 6.42 Å². The second-order valence-electron chi connectivity index (χ2n) is 7.10. The standard InChI is InChI=1S/C18H24N4O3/c1-12-7-3-4-8-13(12)20-15(23)11-22-16(24)18(2,21-17(22)25)14-9-5-6-10-19-14/h5-6,9-10,12-13H,3-4,7-8,11H2,1-2H3,(H,20,23)(H,21,25). The number of aromatic nitrogens is 1. The van der Waals surface area contributed by atoms with E-state index < -0.39 is 17.5 Å². The van der Waals surface area contributed by atoms with Crippen molar-refractivity contribution in [2.45, 2.75) is 51.1 Å². The fourth-order valence-electron chi connectivity index (χ4n) is 3.60. The number of carbonyl (C=O) groups is 3. The lowest BCUT2D eigenvalue weighted by Crippen LogP contribution is -2.47. The average Bonchev–Trinajstić information content (AvgIpc) is 2.82. The number of amides is 4. The molecule has 2 aliphatic rings. The second-order valence-corrected chi connectivity index (χ2v) is 7.10. The van der Waals surface area contributed by atoms with E-state index in [-0.39, 0.29) is 18.5 Å². The molecule has 134 valence electrons. The van der Waals surface area contributed by atoms with Gasteiger partial charge in [-0.2, -0.15) is 0 Å². The Morgan fingerprint density at radius 2 is 2.12 bits per heavy atom. The van der Waals surface area contributed by atoms with Crippen LogP contribution >= 0.6 is 0 Å². The summed E-state index contributed by atoms with van der Waals surface area (Å²) in [5.74, 6) is -0.338. The van der Waals surface area contributed by atoms with Gasteiger partial charge in [-0.15, -0.1) is 0 Å². The van der Waals surface area contributed by atoms with Gasteiger partial charge in [-0.3, -0.25) is 19.5 Å². The molecule has 1 aliphatic carbocycles.